The molecule has 0 aliphatic rings. The van der Waals surface area contributed by atoms with Crippen LogP contribution in [0, 0.1) is 0 Å². The van der Waals surface area contributed by atoms with Crippen molar-refractivity contribution in [3.8, 4) is 0 Å². The van der Waals surface area contributed by atoms with Crippen LogP contribution in [0.25, 0.3) is 0 Å². The van der Waals surface area contributed by atoms with Gasteiger partial charge < -0.3 is 53.2 Å². The Hall–Kier alpha value is -1.04. The van der Waals surface area contributed by atoms with Gasteiger partial charge in [0.25, 0.3) is 0 Å². The first kappa shape index (κ1) is 32.6. The predicted molar refractivity (Wildman–Crippen MR) is 63.1 cm³/mol. The topological polar surface area (TPSA) is 0 Å². The maximum absolute atomic E-state index is 11.8. The number of halogens is 15. The first-order valence-electron chi connectivity index (χ1n) is 5.35. The molecule has 152 valence electrons. The van der Waals surface area contributed by atoms with Gasteiger partial charge in [-0.3, -0.25) is 0 Å². The third-order valence-corrected chi connectivity index (χ3v) is 1.10. The Morgan fingerprint density at radius 3 is 0.846 bits per heavy atom. The molecule has 0 atom stereocenters. The van der Waals surface area contributed by atoms with Crippen LogP contribution in [0.2, 0.25) is 0 Å². The van der Waals surface area contributed by atoms with Crippen molar-refractivity contribution in [2.24, 2.45) is 0 Å². The van der Waals surface area contributed by atoms with Crippen molar-refractivity contribution in [2.75, 3.05) is 0 Å². The molecule has 0 aliphatic carbocycles. The molecule has 0 radical (unpaired) electrons. The van der Waals surface area contributed by atoms with Gasteiger partial charge in [-0.05, 0) is 0 Å². The molecule has 0 N–H and O–H groups in total. The van der Waals surface area contributed by atoms with Crippen LogP contribution in [0.15, 0.2) is 30.3 Å². The van der Waals surface area contributed by atoms with E-state index in [2.05, 4.69) is 0 Å². The SMILES string of the molecule is FC(F)(F)c1ccccc1.F[B-](F)(F)F.F[B-](F)(F)F.F[B-](F)(F)F.[H-].[Li+]. The second-order valence-corrected chi connectivity index (χ2v) is 3.35. The Morgan fingerprint density at radius 1 is 0.538 bits per heavy atom. The minimum Gasteiger partial charge on any atom is -1.00 e. The average molecular weight is 414 g/mol. The Bertz CT molecular complexity index is 395. The predicted octanol–water partition coefficient (Wildman–Crippen LogP) is 3.72. The summed E-state index contributed by atoms with van der Waals surface area (Å²) in [6.07, 6.45) is -4.21. The molecule has 0 amide bonds. The summed E-state index contributed by atoms with van der Waals surface area (Å²) in [5.41, 5.74) is -0.602. The summed E-state index contributed by atoms with van der Waals surface area (Å²) < 4.78 is 152. The van der Waals surface area contributed by atoms with Crippen molar-refractivity contribution in [2.45, 2.75) is 6.18 Å². The van der Waals surface area contributed by atoms with E-state index in [1.54, 1.807) is 6.07 Å². The normalized spacial score (nSPS) is 11.3. The van der Waals surface area contributed by atoms with E-state index in [4.69, 9.17) is 0 Å². The van der Waals surface area contributed by atoms with Gasteiger partial charge in [-0.1, -0.05) is 30.3 Å². The molecule has 0 heterocycles. The van der Waals surface area contributed by atoms with Crippen LogP contribution in [-0.2, 0) is 6.18 Å². The van der Waals surface area contributed by atoms with Crippen LogP contribution < -0.4 is 18.9 Å². The van der Waals surface area contributed by atoms with Gasteiger partial charge in [-0.25, -0.2) is 0 Å². The largest absolute Gasteiger partial charge is 1.00 e. The zero-order valence-corrected chi connectivity index (χ0v) is 12.3. The van der Waals surface area contributed by atoms with E-state index in [0.717, 1.165) is 12.1 Å². The summed E-state index contributed by atoms with van der Waals surface area (Å²) in [6, 6.07) is 6.36. The summed E-state index contributed by atoms with van der Waals surface area (Å²) in [6.45, 7) is 0. The quantitative estimate of drug-likeness (QED) is 0.448. The maximum Gasteiger partial charge on any atom is 1.00 e. The van der Waals surface area contributed by atoms with Gasteiger partial charge >= 0.3 is 46.8 Å². The van der Waals surface area contributed by atoms with Crippen molar-refractivity contribution in [3.05, 3.63) is 35.9 Å². The van der Waals surface area contributed by atoms with E-state index in [9.17, 15) is 65.0 Å². The van der Waals surface area contributed by atoms with Gasteiger partial charge in [0.1, 0.15) is 0 Å². The monoisotopic (exact) mass is 415 g/mol. The van der Waals surface area contributed by atoms with E-state index in [0.29, 0.717) is 0 Å². The van der Waals surface area contributed by atoms with Crippen LogP contribution in [-0.4, -0.2) is 21.8 Å². The first-order valence-corrected chi connectivity index (χ1v) is 5.35. The summed E-state index contributed by atoms with van der Waals surface area (Å²) >= 11 is 0. The standard InChI is InChI=1S/C7H5F3.3BF4.Li.H/c8-7(9,10)6-4-2-1-3-5-6;3*2-1(3,4)5;;/h1-5H;;;;;/q;3*-1;+1;-1. The van der Waals surface area contributed by atoms with Crippen LogP contribution in [0.3, 0.4) is 0 Å². The summed E-state index contributed by atoms with van der Waals surface area (Å²) in [7, 11) is -18.0. The second kappa shape index (κ2) is 13.2. The summed E-state index contributed by atoms with van der Waals surface area (Å²) in [4.78, 5) is 0. The molecule has 0 fully saturated rings. The van der Waals surface area contributed by atoms with E-state index in [1.165, 1.54) is 12.1 Å². The Morgan fingerprint density at radius 2 is 0.731 bits per heavy atom. The Balaban J connectivity index is -0.0000000831. The average Bonchev–Trinajstić information content (AvgIpc) is 2.22. The molecule has 19 heteroatoms. The molecule has 0 saturated heterocycles. The number of hydrogen-bond donors (Lipinski definition) is 0. The van der Waals surface area contributed by atoms with E-state index < -0.39 is 33.5 Å². The zero-order valence-electron chi connectivity index (χ0n) is 13.3. The summed E-state index contributed by atoms with van der Waals surface area (Å²) in [5, 5.41) is 0. The van der Waals surface area contributed by atoms with E-state index >= 15 is 0 Å². The van der Waals surface area contributed by atoms with Crippen molar-refractivity contribution < 1.29 is 85.2 Å². The number of benzene rings is 1. The molecule has 0 aliphatic heterocycles. The van der Waals surface area contributed by atoms with Crippen molar-refractivity contribution in [1.82, 2.24) is 0 Å². The molecule has 0 aromatic heterocycles. The van der Waals surface area contributed by atoms with Gasteiger partial charge in [-0.2, -0.15) is 13.2 Å². The van der Waals surface area contributed by atoms with Gasteiger partial charge in [0.15, 0.2) is 0 Å². The van der Waals surface area contributed by atoms with Gasteiger partial charge in [0.2, 0.25) is 0 Å². The fourth-order valence-electron chi connectivity index (χ4n) is 0.627. The van der Waals surface area contributed by atoms with Crippen LogP contribution >= 0.6 is 0 Å². The first-order chi connectivity index (χ1) is 10.6. The van der Waals surface area contributed by atoms with Gasteiger partial charge in [-0.15, -0.1) is 0 Å². The third-order valence-electron chi connectivity index (χ3n) is 1.10. The Kier molecular flexibility index (Phi) is 16.5. The number of hydrogen-bond acceptors (Lipinski definition) is 0. The van der Waals surface area contributed by atoms with E-state index in [1.807, 2.05) is 0 Å². The molecule has 0 bridgehead atoms. The number of alkyl halides is 3. The van der Waals surface area contributed by atoms with Crippen LogP contribution in [0.5, 0.6) is 0 Å². The molecule has 1 aromatic carbocycles. The van der Waals surface area contributed by atoms with Gasteiger partial charge in [0.05, 0.1) is 5.56 Å². The molecule has 0 unspecified atom stereocenters. The number of rotatable bonds is 0. The smallest absolute Gasteiger partial charge is 1.00 e. The zero-order chi connectivity index (χ0) is 21.1. The molecule has 0 spiro atoms. The second-order valence-electron chi connectivity index (χ2n) is 3.35. The molecular weight excluding hydrogens is 408 g/mol. The van der Waals surface area contributed by atoms with Gasteiger partial charge in [0, 0.05) is 0 Å². The minimum absolute atomic E-state index is 0. The molecule has 0 nitrogen and oxygen atoms in total. The molecule has 1 rings (SSSR count). The van der Waals surface area contributed by atoms with E-state index in [-0.39, 0.29) is 20.3 Å². The Labute approximate surface area is 150 Å². The fraction of sp³-hybridized carbons (Fsp3) is 0.143. The van der Waals surface area contributed by atoms with Crippen LogP contribution in [0.1, 0.15) is 6.99 Å². The molecule has 1 aromatic rings. The third kappa shape index (κ3) is 65.9. The van der Waals surface area contributed by atoms with Crippen molar-refractivity contribution in [3.63, 3.8) is 0 Å². The summed E-state index contributed by atoms with van der Waals surface area (Å²) in [5.74, 6) is 0. The fourth-order valence-corrected chi connectivity index (χ4v) is 0.627. The maximum atomic E-state index is 11.8. The van der Waals surface area contributed by atoms with Crippen molar-refractivity contribution in [1.29, 1.82) is 0 Å². The molecule has 26 heavy (non-hydrogen) atoms. The minimum atomic E-state index is -6.00. The van der Waals surface area contributed by atoms with Crippen molar-refractivity contribution >= 4 is 21.8 Å². The molecular formula is C7H6B3F15Li-3. The van der Waals surface area contributed by atoms with Crippen LogP contribution in [0.4, 0.5) is 65.0 Å². The molecule has 0 saturated carbocycles.